The van der Waals surface area contributed by atoms with Gasteiger partial charge in [-0.15, -0.1) is 0 Å². The summed E-state index contributed by atoms with van der Waals surface area (Å²) in [6.07, 6.45) is 2.17. The minimum atomic E-state index is -0.875. The van der Waals surface area contributed by atoms with Crippen molar-refractivity contribution in [1.82, 2.24) is 9.55 Å². The zero-order valence-corrected chi connectivity index (χ0v) is 18.6. The van der Waals surface area contributed by atoms with Crippen LogP contribution in [0.4, 0.5) is 11.5 Å². The highest BCUT2D eigenvalue weighted by atomic mass is 16.5. The number of rotatable bonds is 11. The molecule has 2 rings (SSSR count). The lowest BCUT2D eigenvalue weighted by Crippen LogP contribution is -2.46. The van der Waals surface area contributed by atoms with Gasteiger partial charge in [0.05, 0.1) is 7.11 Å². The van der Waals surface area contributed by atoms with E-state index in [0.29, 0.717) is 24.5 Å². The van der Waals surface area contributed by atoms with Crippen LogP contribution in [0, 0.1) is 0 Å². The number of H-pyrrole nitrogens is 1. The Morgan fingerprint density at radius 1 is 1.13 bits per heavy atom. The van der Waals surface area contributed by atoms with Crippen LogP contribution in [0.25, 0.3) is 0 Å². The number of nitrogen functional groups attached to an aromatic ring is 1. The number of carbonyl (C=O) groups excluding carboxylic acids is 1. The van der Waals surface area contributed by atoms with Crippen molar-refractivity contribution >= 4 is 17.4 Å². The Labute approximate surface area is 181 Å². The largest absolute Gasteiger partial charge is 0.497 e. The number of anilines is 2. The quantitative estimate of drug-likeness (QED) is 0.563. The summed E-state index contributed by atoms with van der Waals surface area (Å²) in [5.41, 5.74) is 4.94. The number of amides is 1. The second-order valence-corrected chi connectivity index (χ2v) is 7.28. The predicted octanol–water partition coefficient (Wildman–Crippen LogP) is 2.53. The standard InChI is InChI=1S/C22H32N4O5/c1-5-7-13-25(18-19(23)26(14-8-6-2)22(29)24-20(18)27)21(28)15(3)31-17-11-9-16(30-4)10-12-17/h9-12,15H,5-8,13-14,23H2,1-4H3,(H,24,27,29). The highest BCUT2D eigenvalue weighted by Crippen LogP contribution is 2.22. The molecule has 0 aliphatic rings. The maximum Gasteiger partial charge on any atom is 0.330 e. The smallest absolute Gasteiger partial charge is 0.330 e. The number of methoxy groups -OCH3 is 1. The normalized spacial score (nSPS) is 11.7. The van der Waals surface area contributed by atoms with E-state index in [1.54, 1.807) is 38.3 Å². The fourth-order valence-electron chi connectivity index (χ4n) is 3.15. The van der Waals surface area contributed by atoms with Gasteiger partial charge < -0.3 is 20.1 Å². The van der Waals surface area contributed by atoms with Crippen LogP contribution in [0.1, 0.15) is 46.5 Å². The lowest BCUT2D eigenvalue weighted by molar-refractivity contribution is -0.124. The van der Waals surface area contributed by atoms with Gasteiger partial charge >= 0.3 is 5.69 Å². The fourth-order valence-corrected chi connectivity index (χ4v) is 3.15. The number of hydrogen-bond acceptors (Lipinski definition) is 6. The number of aromatic nitrogens is 2. The van der Waals surface area contributed by atoms with Gasteiger partial charge in [0.25, 0.3) is 11.5 Å². The average Bonchev–Trinajstić information content (AvgIpc) is 2.75. The van der Waals surface area contributed by atoms with Gasteiger partial charge in [-0.25, -0.2) is 4.79 Å². The molecule has 1 heterocycles. The molecule has 9 heteroatoms. The molecule has 0 saturated carbocycles. The zero-order valence-electron chi connectivity index (χ0n) is 18.6. The third kappa shape index (κ3) is 5.90. The second-order valence-electron chi connectivity index (χ2n) is 7.28. The van der Waals surface area contributed by atoms with Gasteiger partial charge in [0.2, 0.25) is 0 Å². The molecule has 0 bridgehead atoms. The molecule has 1 aromatic heterocycles. The molecular formula is C22H32N4O5. The number of carbonyl (C=O) groups is 1. The number of aromatic amines is 1. The van der Waals surface area contributed by atoms with E-state index in [1.165, 1.54) is 9.47 Å². The number of ether oxygens (including phenoxy) is 2. The van der Waals surface area contributed by atoms with Crippen molar-refractivity contribution in [3.8, 4) is 11.5 Å². The molecule has 0 fully saturated rings. The van der Waals surface area contributed by atoms with Gasteiger partial charge in [0.15, 0.2) is 11.8 Å². The maximum absolute atomic E-state index is 13.3. The highest BCUT2D eigenvalue weighted by Gasteiger charge is 2.28. The summed E-state index contributed by atoms with van der Waals surface area (Å²) >= 11 is 0. The number of nitrogens with one attached hydrogen (secondary N) is 1. The van der Waals surface area contributed by atoms with Crippen LogP contribution in [0.2, 0.25) is 0 Å². The first-order chi connectivity index (χ1) is 14.8. The Balaban J connectivity index is 2.38. The number of benzene rings is 1. The van der Waals surface area contributed by atoms with E-state index in [0.717, 1.165) is 19.3 Å². The Kier molecular flexibility index (Phi) is 8.72. The van der Waals surface area contributed by atoms with E-state index >= 15 is 0 Å². The maximum atomic E-state index is 13.3. The second kappa shape index (κ2) is 11.2. The molecule has 1 atom stereocenters. The molecule has 31 heavy (non-hydrogen) atoms. The minimum absolute atomic E-state index is 0.0108. The Hall–Kier alpha value is -3.23. The lowest BCUT2D eigenvalue weighted by Gasteiger charge is -2.27. The summed E-state index contributed by atoms with van der Waals surface area (Å²) < 4.78 is 12.2. The van der Waals surface area contributed by atoms with Crippen LogP contribution >= 0.6 is 0 Å². The summed E-state index contributed by atoms with van der Waals surface area (Å²) in [7, 11) is 1.56. The molecule has 0 saturated heterocycles. The van der Waals surface area contributed by atoms with Crippen molar-refractivity contribution in [2.24, 2.45) is 0 Å². The molecule has 9 nitrogen and oxygen atoms in total. The van der Waals surface area contributed by atoms with Crippen molar-refractivity contribution in [2.45, 2.75) is 59.1 Å². The van der Waals surface area contributed by atoms with E-state index in [2.05, 4.69) is 4.98 Å². The monoisotopic (exact) mass is 432 g/mol. The molecule has 1 unspecified atom stereocenters. The Morgan fingerprint density at radius 2 is 1.74 bits per heavy atom. The lowest BCUT2D eigenvalue weighted by atomic mass is 10.2. The molecule has 1 aromatic carbocycles. The Morgan fingerprint density at radius 3 is 2.32 bits per heavy atom. The molecule has 2 aromatic rings. The first-order valence-electron chi connectivity index (χ1n) is 10.6. The van der Waals surface area contributed by atoms with Crippen molar-refractivity contribution in [3.63, 3.8) is 0 Å². The fraction of sp³-hybridized carbons (Fsp3) is 0.500. The van der Waals surface area contributed by atoms with Gasteiger partial charge in [0, 0.05) is 13.1 Å². The molecule has 3 N–H and O–H groups in total. The van der Waals surface area contributed by atoms with E-state index in [-0.39, 0.29) is 18.1 Å². The van der Waals surface area contributed by atoms with Crippen LogP contribution in [0.15, 0.2) is 33.9 Å². The number of hydrogen-bond donors (Lipinski definition) is 2. The Bertz CT molecular complexity index is 981. The SMILES string of the molecule is CCCCN(C(=O)C(C)Oc1ccc(OC)cc1)c1c(N)n(CCCC)c(=O)[nH]c1=O. The van der Waals surface area contributed by atoms with Gasteiger partial charge in [-0.05, 0) is 44.0 Å². The summed E-state index contributed by atoms with van der Waals surface area (Å²) in [5.74, 6) is 0.738. The molecule has 1 amide bonds. The van der Waals surface area contributed by atoms with Crippen LogP contribution in [0.5, 0.6) is 11.5 Å². The van der Waals surface area contributed by atoms with Crippen molar-refractivity contribution in [1.29, 1.82) is 0 Å². The topological polar surface area (TPSA) is 120 Å². The van der Waals surface area contributed by atoms with E-state index in [1.807, 2.05) is 13.8 Å². The molecule has 170 valence electrons. The third-order valence-corrected chi connectivity index (χ3v) is 4.94. The highest BCUT2D eigenvalue weighted by molar-refractivity contribution is 5.98. The van der Waals surface area contributed by atoms with Crippen LogP contribution in [0.3, 0.4) is 0 Å². The first-order valence-corrected chi connectivity index (χ1v) is 10.6. The van der Waals surface area contributed by atoms with Gasteiger partial charge in [-0.3, -0.25) is 19.1 Å². The van der Waals surface area contributed by atoms with E-state index < -0.39 is 23.3 Å². The summed E-state index contributed by atoms with van der Waals surface area (Å²) in [5, 5.41) is 0. The van der Waals surface area contributed by atoms with Crippen LogP contribution < -0.4 is 31.4 Å². The summed E-state index contributed by atoms with van der Waals surface area (Å²) in [6, 6.07) is 6.86. The first kappa shape index (κ1) is 24.0. The average molecular weight is 433 g/mol. The van der Waals surface area contributed by atoms with Gasteiger partial charge in [-0.2, -0.15) is 0 Å². The molecular weight excluding hydrogens is 400 g/mol. The van der Waals surface area contributed by atoms with Gasteiger partial charge in [-0.1, -0.05) is 26.7 Å². The summed E-state index contributed by atoms with van der Waals surface area (Å²) in [4.78, 5) is 41.8. The van der Waals surface area contributed by atoms with Crippen LogP contribution in [-0.4, -0.2) is 35.2 Å². The minimum Gasteiger partial charge on any atom is -0.497 e. The molecule has 0 radical (unpaired) electrons. The van der Waals surface area contributed by atoms with E-state index in [9.17, 15) is 14.4 Å². The van der Waals surface area contributed by atoms with Crippen molar-refractivity contribution in [3.05, 3.63) is 45.1 Å². The van der Waals surface area contributed by atoms with Crippen LogP contribution in [-0.2, 0) is 11.3 Å². The summed E-state index contributed by atoms with van der Waals surface area (Å²) in [6.45, 7) is 6.23. The number of nitrogens with two attached hydrogens (primary N) is 1. The third-order valence-electron chi connectivity index (χ3n) is 4.94. The van der Waals surface area contributed by atoms with Crippen molar-refractivity contribution < 1.29 is 14.3 Å². The molecule has 0 aliphatic carbocycles. The van der Waals surface area contributed by atoms with Crippen molar-refractivity contribution in [2.75, 3.05) is 24.3 Å². The van der Waals surface area contributed by atoms with E-state index in [4.69, 9.17) is 15.2 Å². The molecule has 0 spiro atoms. The zero-order chi connectivity index (χ0) is 23.0. The number of nitrogens with zero attached hydrogens (tertiary/aromatic N) is 2. The van der Waals surface area contributed by atoms with Gasteiger partial charge in [0.1, 0.15) is 17.3 Å². The predicted molar refractivity (Wildman–Crippen MR) is 121 cm³/mol. The molecule has 0 aliphatic heterocycles. The number of unbranched alkanes of at least 4 members (excludes halogenated alkanes) is 2.